The first-order valence-electron chi connectivity index (χ1n) is 4.12. The van der Waals surface area contributed by atoms with Crippen LogP contribution in [0.5, 0.6) is 0 Å². The molecule has 1 N–H and O–H groups in total. The predicted molar refractivity (Wildman–Crippen MR) is 50.3 cm³/mol. The molecule has 0 saturated carbocycles. The topological polar surface area (TPSA) is 23.5 Å². The summed E-state index contributed by atoms with van der Waals surface area (Å²) in [5.41, 5.74) is 1.30. The summed E-state index contributed by atoms with van der Waals surface area (Å²) in [5, 5.41) is 9.71. The van der Waals surface area contributed by atoms with Crippen LogP contribution in [0.1, 0.15) is 21.4 Å². The molecule has 1 aromatic rings. The van der Waals surface area contributed by atoms with Crippen molar-refractivity contribution in [3.05, 3.63) is 21.4 Å². The van der Waals surface area contributed by atoms with Crippen molar-refractivity contribution < 1.29 is 5.11 Å². The van der Waals surface area contributed by atoms with E-state index in [0.29, 0.717) is 0 Å². The zero-order valence-electron chi connectivity index (χ0n) is 7.37. The van der Waals surface area contributed by atoms with E-state index in [1.165, 1.54) is 15.3 Å². The minimum Gasteiger partial charge on any atom is -0.386 e. The first-order chi connectivity index (χ1) is 5.66. The number of likely N-dealkylation sites (N-methyl/N-ethyl adjacent to an activating group) is 1. The summed E-state index contributed by atoms with van der Waals surface area (Å²) in [5.74, 6) is 0. The third kappa shape index (κ3) is 1.28. The summed E-state index contributed by atoms with van der Waals surface area (Å²) in [6, 6.07) is 2.18. The Morgan fingerprint density at radius 3 is 3.17 bits per heavy atom. The van der Waals surface area contributed by atoms with Crippen molar-refractivity contribution in [3.8, 4) is 0 Å². The highest BCUT2D eigenvalue weighted by Gasteiger charge is 2.23. The van der Waals surface area contributed by atoms with Crippen molar-refractivity contribution in [1.29, 1.82) is 0 Å². The van der Waals surface area contributed by atoms with Gasteiger partial charge in [-0.2, -0.15) is 0 Å². The molecule has 0 saturated heterocycles. The van der Waals surface area contributed by atoms with Crippen LogP contribution in [0.15, 0.2) is 6.07 Å². The summed E-state index contributed by atoms with van der Waals surface area (Å²) < 4.78 is 0. The molecule has 2 heterocycles. The Morgan fingerprint density at radius 2 is 2.42 bits per heavy atom. The molecule has 1 aliphatic heterocycles. The number of aliphatic hydroxyl groups is 1. The van der Waals surface area contributed by atoms with Gasteiger partial charge < -0.3 is 5.11 Å². The summed E-state index contributed by atoms with van der Waals surface area (Å²) >= 11 is 1.72. The zero-order valence-corrected chi connectivity index (χ0v) is 8.19. The molecule has 0 aromatic carbocycles. The monoisotopic (exact) mass is 183 g/mol. The number of thiophene rings is 1. The second kappa shape index (κ2) is 2.83. The predicted octanol–water partition coefficient (Wildman–Crippen LogP) is 1.54. The Balaban J connectivity index is 2.40. The molecule has 3 heteroatoms. The maximum Gasteiger partial charge on any atom is 0.101 e. The van der Waals surface area contributed by atoms with Crippen LogP contribution < -0.4 is 0 Å². The standard InChI is InChI=1S/C9H13NOS/c1-6-3-7-4-10(2)5-8(11)9(7)12-6/h3,8,11H,4-5H2,1-2H3. The van der Waals surface area contributed by atoms with Gasteiger partial charge in [-0.1, -0.05) is 0 Å². The number of hydrogen-bond acceptors (Lipinski definition) is 3. The number of fused-ring (bicyclic) bond motifs is 1. The van der Waals surface area contributed by atoms with Crippen LogP contribution in [0.2, 0.25) is 0 Å². The Bertz CT molecular complexity index is 295. The van der Waals surface area contributed by atoms with E-state index in [2.05, 4.69) is 17.9 Å². The van der Waals surface area contributed by atoms with Crippen molar-refractivity contribution in [3.63, 3.8) is 0 Å². The molecule has 2 nitrogen and oxygen atoms in total. The summed E-state index contributed by atoms with van der Waals surface area (Å²) in [7, 11) is 2.04. The van der Waals surface area contributed by atoms with Gasteiger partial charge in [0, 0.05) is 22.8 Å². The highest BCUT2D eigenvalue weighted by atomic mass is 32.1. The molecule has 1 unspecified atom stereocenters. The van der Waals surface area contributed by atoms with Crippen LogP contribution in [-0.4, -0.2) is 23.6 Å². The lowest BCUT2D eigenvalue weighted by atomic mass is 10.1. The molecule has 0 amide bonds. The van der Waals surface area contributed by atoms with E-state index in [-0.39, 0.29) is 6.10 Å². The van der Waals surface area contributed by atoms with Gasteiger partial charge in [0.05, 0.1) is 0 Å². The van der Waals surface area contributed by atoms with Crippen LogP contribution in [0.4, 0.5) is 0 Å². The van der Waals surface area contributed by atoms with E-state index in [1.807, 2.05) is 7.05 Å². The third-order valence-electron chi connectivity index (χ3n) is 2.19. The maximum absolute atomic E-state index is 9.71. The van der Waals surface area contributed by atoms with E-state index < -0.39 is 0 Å². The molecule has 1 atom stereocenters. The van der Waals surface area contributed by atoms with Gasteiger partial charge in [-0.3, -0.25) is 4.90 Å². The molecular weight excluding hydrogens is 170 g/mol. The SMILES string of the molecule is Cc1cc2c(s1)C(O)CN(C)C2. The van der Waals surface area contributed by atoms with E-state index in [9.17, 15) is 5.11 Å². The quantitative estimate of drug-likeness (QED) is 0.659. The minimum atomic E-state index is -0.266. The number of hydrogen-bond donors (Lipinski definition) is 1. The maximum atomic E-state index is 9.71. The van der Waals surface area contributed by atoms with Gasteiger partial charge in [0.1, 0.15) is 6.10 Å². The van der Waals surface area contributed by atoms with Crippen molar-refractivity contribution in [2.45, 2.75) is 19.6 Å². The van der Waals surface area contributed by atoms with Gasteiger partial charge in [0.25, 0.3) is 0 Å². The van der Waals surface area contributed by atoms with Crippen molar-refractivity contribution >= 4 is 11.3 Å². The number of aliphatic hydroxyl groups excluding tert-OH is 1. The molecule has 1 aliphatic rings. The Kier molecular flexibility index (Phi) is 1.94. The fourth-order valence-electron chi connectivity index (χ4n) is 1.72. The number of aryl methyl sites for hydroxylation is 1. The lowest BCUT2D eigenvalue weighted by Gasteiger charge is -2.26. The number of rotatable bonds is 0. The summed E-state index contributed by atoms with van der Waals surface area (Å²) in [6.07, 6.45) is -0.266. The van der Waals surface area contributed by atoms with Crippen LogP contribution >= 0.6 is 11.3 Å². The largest absolute Gasteiger partial charge is 0.386 e. The molecule has 0 fully saturated rings. The summed E-state index contributed by atoms with van der Waals surface area (Å²) in [6.45, 7) is 3.85. The van der Waals surface area contributed by atoms with E-state index in [0.717, 1.165) is 13.1 Å². The normalized spacial score (nSPS) is 24.1. The molecule has 0 bridgehead atoms. The van der Waals surface area contributed by atoms with Gasteiger partial charge in [-0.25, -0.2) is 0 Å². The second-order valence-corrected chi connectivity index (χ2v) is 4.75. The van der Waals surface area contributed by atoms with Gasteiger partial charge in [0.15, 0.2) is 0 Å². The van der Waals surface area contributed by atoms with Crippen molar-refractivity contribution in [2.24, 2.45) is 0 Å². The Hall–Kier alpha value is -0.380. The van der Waals surface area contributed by atoms with E-state index in [4.69, 9.17) is 0 Å². The highest BCUT2D eigenvalue weighted by molar-refractivity contribution is 7.12. The smallest absolute Gasteiger partial charge is 0.101 e. The number of β-amino-alcohol motifs (C(OH)–C–C–N with tert-alkyl or cyclic N) is 1. The first kappa shape index (κ1) is 8.23. The first-order valence-corrected chi connectivity index (χ1v) is 4.94. The van der Waals surface area contributed by atoms with Crippen LogP contribution in [0.25, 0.3) is 0 Å². The number of nitrogens with zero attached hydrogens (tertiary/aromatic N) is 1. The molecule has 2 rings (SSSR count). The molecule has 66 valence electrons. The molecular formula is C9H13NOS. The fraction of sp³-hybridized carbons (Fsp3) is 0.556. The third-order valence-corrected chi connectivity index (χ3v) is 3.39. The van der Waals surface area contributed by atoms with E-state index >= 15 is 0 Å². The van der Waals surface area contributed by atoms with Crippen LogP contribution in [-0.2, 0) is 6.54 Å². The molecule has 0 radical (unpaired) electrons. The molecule has 12 heavy (non-hydrogen) atoms. The molecule has 0 aliphatic carbocycles. The van der Waals surface area contributed by atoms with Crippen LogP contribution in [0, 0.1) is 6.92 Å². The lowest BCUT2D eigenvalue weighted by Crippen LogP contribution is -2.28. The average molecular weight is 183 g/mol. The van der Waals surface area contributed by atoms with E-state index in [1.54, 1.807) is 11.3 Å². The fourth-order valence-corrected chi connectivity index (χ4v) is 2.74. The Morgan fingerprint density at radius 1 is 1.67 bits per heavy atom. The zero-order chi connectivity index (χ0) is 8.72. The summed E-state index contributed by atoms with van der Waals surface area (Å²) in [4.78, 5) is 4.62. The van der Waals surface area contributed by atoms with Gasteiger partial charge >= 0.3 is 0 Å². The van der Waals surface area contributed by atoms with Crippen molar-refractivity contribution in [1.82, 2.24) is 4.90 Å². The van der Waals surface area contributed by atoms with Gasteiger partial charge in [-0.05, 0) is 25.6 Å². The minimum absolute atomic E-state index is 0.266. The van der Waals surface area contributed by atoms with Crippen molar-refractivity contribution in [2.75, 3.05) is 13.6 Å². The van der Waals surface area contributed by atoms with Crippen LogP contribution in [0.3, 0.4) is 0 Å². The second-order valence-electron chi connectivity index (χ2n) is 3.46. The van der Waals surface area contributed by atoms with Gasteiger partial charge in [0.2, 0.25) is 0 Å². The molecule has 1 aromatic heterocycles. The highest BCUT2D eigenvalue weighted by Crippen LogP contribution is 2.32. The Labute approximate surface area is 76.4 Å². The average Bonchev–Trinajstić information content (AvgIpc) is 2.29. The van der Waals surface area contributed by atoms with Gasteiger partial charge in [-0.15, -0.1) is 11.3 Å². The lowest BCUT2D eigenvalue weighted by molar-refractivity contribution is 0.111. The molecule has 0 spiro atoms.